The molecule has 0 saturated heterocycles. The van der Waals surface area contributed by atoms with Crippen molar-refractivity contribution in [2.45, 2.75) is 214 Å². The Morgan fingerprint density at radius 1 is 0.178 bits per heavy atom. The van der Waals surface area contributed by atoms with Gasteiger partial charge in [0.2, 0.25) is 0 Å². The summed E-state index contributed by atoms with van der Waals surface area (Å²) in [5.41, 5.74) is 44.9. The molecule has 0 aliphatic heterocycles. The SMILES string of the molecule is C.C.Cc1c(C)c(Br)c(Cc2c(Br)c(C)c(C)c(C)c2Br)c(Br)c1C.Cc1cc(Cc2cc(C)c(C)c(C)c2)cc(C)c1C.Cc1ccc(C)c(C)c1.Cc1ccc(C)cc1.Cc1ccc(Cc2ccc(C)c(C)c2)cc1C.Cc1ccc(Cc2ccc(C)cc2)cc1.Cc1cccc(C)c1. The summed E-state index contributed by atoms with van der Waals surface area (Å²) in [5.74, 6) is 0. The van der Waals surface area contributed by atoms with E-state index in [0.717, 1.165) is 25.7 Å². The quantitative estimate of drug-likeness (QED) is 0.142. The Hall–Kier alpha value is -6.66. The normalized spacial score (nSPS) is 10.2. The topological polar surface area (TPSA) is 0 Å². The van der Waals surface area contributed by atoms with E-state index in [4.69, 9.17) is 0 Å². The molecule has 0 unspecified atom stereocenters. The van der Waals surface area contributed by atoms with Gasteiger partial charge in [-0.1, -0.05) is 293 Å². The Morgan fingerprint density at radius 3 is 0.673 bits per heavy atom. The predicted octanol–water partition coefficient (Wildman–Crippen LogP) is 30.2. The molecule has 0 atom stereocenters. The molecule has 0 aromatic heterocycles. The summed E-state index contributed by atoms with van der Waals surface area (Å²) in [5, 5.41) is 0. The molecule has 0 aliphatic rings. The lowest BCUT2D eigenvalue weighted by molar-refractivity contribution is 1.07. The Labute approximate surface area is 649 Å². The van der Waals surface area contributed by atoms with E-state index in [1.165, 1.54) is 201 Å². The molecule has 0 saturated carbocycles. The van der Waals surface area contributed by atoms with E-state index in [2.05, 4.69) is 413 Å². The van der Waals surface area contributed by atoms with Crippen LogP contribution in [0.1, 0.15) is 198 Å². The minimum Gasteiger partial charge on any atom is -0.0776 e. The van der Waals surface area contributed by atoms with E-state index in [0.29, 0.717) is 0 Å². The van der Waals surface area contributed by atoms with Gasteiger partial charge in [-0.2, -0.15) is 0 Å². The van der Waals surface area contributed by atoms with Crippen LogP contribution in [0.4, 0.5) is 0 Å². The lowest BCUT2D eigenvalue weighted by Crippen LogP contribution is -2.03. The molecule has 0 radical (unpaired) electrons. The van der Waals surface area contributed by atoms with Crippen molar-refractivity contribution in [3.8, 4) is 0 Å². The van der Waals surface area contributed by atoms with Crippen LogP contribution in [0.15, 0.2) is 194 Å². The third-order valence-corrected chi connectivity index (χ3v) is 23.9. The molecule has 11 aromatic rings. The van der Waals surface area contributed by atoms with Crippen molar-refractivity contribution in [2.24, 2.45) is 0 Å². The van der Waals surface area contributed by atoms with Gasteiger partial charge in [0.25, 0.3) is 0 Å². The number of hydrogen-bond donors (Lipinski definition) is 0. The van der Waals surface area contributed by atoms with Crippen molar-refractivity contribution in [1.82, 2.24) is 0 Å². The highest BCUT2D eigenvalue weighted by atomic mass is 79.9. The second-order valence-electron chi connectivity index (χ2n) is 28.1. The van der Waals surface area contributed by atoms with Gasteiger partial charge in [0.15, 0.2) is 0 Å². The molecular formula is C97H120Br4. The van der Waals surface area contributed by atoms with Gasteiger partial charge in [0, 0.05) is 24.3 Å². The van der Waals surface area contributed by atoms with Crippen molar-refractivity contribution in [1.29, 1.82) is 0 Å². The molecular weight excluding hydrogens is 1480 g/mol. The molecule has 0 aliphatic carbocycles. The molecule has 11 aromatic carbocycles. The second kappa shape index (κ2) is 42.2. The van der Waals surface area contributed by atoms with Crippen molar-refractivity contribution in [2.75, 3.05) is 0 Å². The van der Waals surface area contributed by atoms with Gasteiger partial charge in [0.05, 0.1) is 0 Å². The van der Waals surface area contributed by atoms with Crippen LogP contribution in [0.25, 0.3) is 0 Å². The molecule has 0 heterocycles. The third kappa shape index (κ3) is 27.5. The summed E-state index contributed by atoms with van der Waals surface area (Å²) in [4.78, 5) is 0. The van der Waals surface area contributed by atoms with Crippen LogP contribution >= 0.6 is 63.7 Å². The van der Waals surface area contributed by atoms with Gasteiger partial charge in [-0.05, 0) is 337 Å². The second-order valence-corrected chi connectivity index (χ2v) is 31.3. The zero-order chi connectivity index (χ0) is 73.7. The zero-order valence-corrected chi connectivity index (χ0v) is 70.9. The van der Waals surface area contributed by atoms with Gasteiger partial charge >= 0.3 is 0 Å². The highest BCUT2D eigenvalue weighted by Crippen LogP contribution is 2.41. The first kappa shape index (κ1) is 88.6. The molecule has 11 rings (SSSR count). The van der Waals surface area contributed by atoms with Crippen LogP contribution in [0.3, 0.4) is 0 Å². The molecule has 0 bridgehead atoms. The summed E-state index contributed by atoms with van der Waals surface area (Å²) >= 11 is 15.3. The average molecular weight is 1610 g/mol. The van der Waals surface area contributed by atoms with E-state index in [9.17, 15) is 0 Å². The summed E-state index contributed by atoms with van der Waals surface area (Å²) in [6.45, 7) is 54.0. The van der Waals surface area contributed by atoms with E-state index in [1.54, 1.807) is 0 Å². The fraction of sp³-hybridized carbons (Fsp3) is 0.320. The molecule has 0 spiro atoms. The fourth-order valence-corrected chi connectivity index (χ4v) is 14.6. The first-order valence-corrected chi connectivity index (χ1v) is 38.1. The lowest BCUT2D eigenvalue weighted by atomic mass is 9.93. The van der Waals surface area contributed by atoms with Crippen LogP contribution in [0.5, 0.6) is 0 Å². The molecule has 0 amide bonds. The van der Waals surface area contributed by atoms with Crippen molar-refractivity contribution in [3.05, 3.63) is 377 Å². The maximum absolute atomic E-state index is 3.81. The maximum atomic E-state index is 3.81. The van der Waals surface area contributed by atoms with Gasteiger partial charge in [-0.3, -0.25) is 0 Å². The van der Waals surface area contributed by atoms with E-state index in [1.807, 2.05) is 0 Å². The Morgan fingerprint density at radius 2 is 0.406 bits per heavy atom. The summed E-state index contributed by atoms with van der Waals surface area (Å²) < 4.78 is 4.79. The molecule has 0 nitrogen and oxygen atoms in total. The predicted molar refractivity (Wildman–Crippen MR) is 465 cm³/mol. The smallest absolute Gasteiger partial charge is 0.0254 e. The van der Waals surface area contributed by atoms with Crippen molar-refractivity contribution < 1.29 is 0 Å². The first-order valence-electron chi connectivity index (χ1n) is 34.9. The Kier molecular flexibility index (Phi) is 37.0. The van der Waals surface area contributed by atoms with Gasteiger partial charge in [0.1, 0.15) is 0 Å². The Bertz CT molecular complexity index is 4120. The third-order valence-electron chi connectivity index (χ3n) is 19.6. The molecule has 101 heavy (non-hydrogen) atoms. The van der Waals surface area contributed by atoms with Crippen LogP contribution in [-0.4, -0.2) is 0 Å². The summed E-state index contributed by atoms with van der Waals surface area (Å²) in [6.07, 6.45) is 3.96. The average Bonchev–Trinajstić information content (AvgIpc) is 0.774. The van der Waals surface area contributed by atoms with E-state index < -0.39 is 0 Å². The van der Waals surface area contributed by atoms with Crippen LogP contribution in [0.2, 0.25) is 0 Å². The number of benzene rings is 11. The molecule has 536 valence electrons. The van der Waals surface area contributed by atoms with Gasteiger partial charge < -0.3 is 0 Å². The monoisotopic (exact) mass is 1600 g/mol. The van der Waals surface area contributed by atoms with Crippen molar-refractivity contribution >= 4 is 63.7 Å². The fourth-order valence-electron chi connectivity index (χ4n) is 11.5. The zero-order valence-electron chi connectivity index (χ0n) is 64.6. The maximum Gasteiger partial charge on any atom is 0.0254 e. The van der Waals surface area contributed by atoms with Crippen LogP contribution in [-0.2, 0) is 25.7 Å². The first-order chi connectivity index (χ1) is 46.5. The number of halogens is 4. The Balaban J connectivity index is 0.000000315. The van der Waals surface area contributed by atoms with E-state index >= 15 is 0 Å². The number of aryl methyl sites for hydroxylation is 17. The molecule has 4 heteroatoms. The summed E-state index contributed by atoms with van der Waals surface area (Å²) in [6, 6.07) is 63.7. The van der Waals surface area contributed by atoms with Gasteiger partial charge in [-0.15, -0.1) is 0 Å². The lowest BCUT2D eigenvalue weighted by Gasteiger charge is -2.20. The minimum absolute atomic E-state index is 0. The minimum atomic E-state index is 0. The van der Waals surface area contributed by atoms with E-state index in [-0.39, 0.29) is 14.9 Å². The highest BCUT2D eigenvalue weighted by molar-refractivity contribution is 9.11. The number of rotatable bonds is 8. The van der Waals surface area contributed by atoms with Crippen molar-refractivity contribution in [3.63, 3.8) is 0 Å². The van der Waals surface area contributed by atoms with Crippen LogP contribution < -0.4 is 0 Å². The summed E-state index contributed by atoms with van der Waals surface area (Å²) in [7, 11) is 0. The van der Waals surface area contributed by atoms with Crippen LogP contribution in [0, 0.1) is 173 Å². The standard InChI is InChI=1S/C19H20Br4.C19H24.C17H20.C15H16.C9H12.2C8H10.2CH4/c1-8-10(3)16(20)14(17(21)11(8)4)7-15-18(22)12(5)9(2)13(6)19(15)23;1-12-7-18(8-13(2)16(12)5)11-19-9-14(3)17(6)15(4)10-19;1-12-5-7-16(9-14(12)3)11-17-8-6-13(2)15(4)10-17;1-12-3-7-14(8-4-12)11-15-9-5-13(2)6-10-15;1-7-4-5-8(2)9(3)6-7;1-7-3-5-8(2)6-4-7;1-7-4-3-5-8(2)6-7;;/h7H2,1-6H3;7-10H,11H2,1-6H3;5-10H,11H2,1-4H3;3-10H,11H2,1-2H3;4-6H,1-3H3;2*3-6H,1-2H3;2*1H4. The molecule has 0 fully saturated rings. The van der Waals surface area contributed by atoms with Gasteiger partial charge in [-0.25, -0.2) is 0 Å². The molecule has 0 N–H and O–H groups in total. The highest BCUT2D eigenvalue weighted by Gasteiger charge is 2.20. The largest absolute Gasteiger partial charge is 0.0776 e. The number of hydrogen-bond acceptors (Lipinski definition) is 0.